The highest BCUT2D eigenvalue weighted by Crippen LogP contribution is 2.44. The van der Waals surface area contributed by atoms with Gasteiger partial charge in [-0.05, 0) is 69.5 Å². The van der Waals surface area contributed by atoms with Gasteiger partial charge in [-0.2, -0.15) is 0 Å². The third kappa shape index (κ3) is 2.73. The van der Waals surface area contributed by atoms with Crippen molar-refractivity contribution in [3.8, 4) is 0 Å². The van der Waals surface area contributed by atoms with Crippen LogP contribution < -0.4 is 15.5 Å². The molecule has 4 rings (SSSR count). The Morgan fingerprint density at radius 3 is 2.46 bits per heavy atom. The molecule has 148 valence electrons. The second-order valence-corrected chi connectivity index (χ2v) is 9.26. The molecule has 0 aliphatic carbocycles. The second kappa shape index (κ2) is 6.50. The van der Waals surface area contributed by atoms with Crippen LogP contribution in [0, 0.1) is 6.92 Å². The molecule has 5 heteroatoms. The third-order valence-electron chi connectivity index (χ3n) is 6.22. The van der Waals surface area contributed by atoms with Gasteiger partial charge in [0.1, 0.15) is 0 Å². The Morgan fingerprint density at radius 2 is 1.86 bits per heavy atom. The summed E-state index contributed by atoms with van der Waals surface area (Å²) in [7, 11) is 0. The molecule has 2 aromatic rings. The average Bonchev–Trinajstić information content (AvgIpc) is 2.80. The summed E-state index contributed by atoms with van der Waals surface area (Å²) in [6, 6.07) is 12.5. The molecule has 2 N–H and O–H groups in total. The van der Waals surface area contributed by atoms with Crippen LogP contribution in [0.25, 0.3) is 0 Å². The van der Waals surface area contributed by atoms with Crippen LogP contribution in [-0.2, 0) is 15.7 Å². The minimum Gasteiger partial charge on any atom is -0.373 e. The van der Waals surface area contributed by atoms with Gasteiger partial charge in [-0.25, -0.2) is 0 Å². The molecular formula is C23H28ClN3O. The maximum absolute atomic E-state index is 13.0. The van der Waals surface area contributed by atoms with E-state index in [0.717, 1.165) is 40.6 Å². The number of halogens is 1. The summed E-state index contributed by atoms with van der Waals surface area (Å²) in [4.78, 5) is 14.9. The van der Waals surface area contributed by atoms with E-state index in [-0.39, 0.29) is 17.5 Å². The molecule has 0 spiro atoms. The molecule has 0 bridgehead atoms. The van der Waals surface area contributed by atoms with Crippen molar-refractivity contribution in [2.75, 3.05) is 23.3 Å². The molecule has 0 atom stereocenters. The molecule has 4 nitrogen and oxygen atoms in total. The predicted octanol–water partition coefficient (Wildman–Crippen LogP) is 4.59. The van der Waals surface area contributed by atoms with Gasteiger partial charge in [-0.3, -0.25) is 4.79 Å². The lowest BCUT2D eigenvalue weighted by Crippen LogP contribution is -2.61. The van der Waals surface area contributed by atoms with Crippen molar-refractivity contribution in [2.24, 2.45) is 0 Å². The number of nitrogens with zero attached hydrogens (tertiary/aromatic N) is 1. The molecule has 2 aliphatic rings. The highest BCUT2D eigenvalue weighted by molar-refractivity contribution is 6.31. The summed E-state index contributed by atoms with van der Waals surface area (Å²) in [5.41, 5.74) is 4.78. The zero-order valence-electron chi connectivity index (χ0n) is 17.2. The fourth-order valence-electron chi connectivity index (χ4n) is 4.50. The van der Waals surface area contributed by atoms with Crippen LogP contribution in [-0.4, -0.2) is 25.0 Å². The number of amides is 1. The van der Waals surface area contributed by atoms with E-state index in [1.54, 1.807) is 0 Å². The Bertz CT molecular complexity index is 947. The number of nitrogens with one attached hydrogen (secondary N) is 2. The van der Waals surface area contributed by atoms with Crippen molar-refractivity contribution in [2.45, 2.75) is 51.6 Å². The molecule has 0 aromatic heterocycles. The Hall–Kier alpha value is -2.04. The van der Waals surface area contributed by atoms with Gasteiger partial charge in [0.15, 0.2) is 0 Å². The standard InChI is InChI=1S/C23H28ClN3O/c1-14(2)27-20-11-16(9-10-18(20)22(4,5)21(27)28)26-23(12-25-13-23)17-7-6-8-19(24)15(17)3/h6-11,14,25-26H,12-13H2,1-5H3. The molecule has 1 amide bonds. The van der Waals surface area contributed by atoms with Crippen molar-refractivity contribution in [3.63, 3.8) is 0 Å². The molecule has 1 fully saturated rings. The van der Waals surface area contributed by atoms with E-state index in [9.17, 15) is 4.79 Å². The van der Waals surface area contributed by atoms with Crippen molar-refractivity contribution in [3.05, 3.63) is 58.1 Å². The van der Waals surface area contributed by atoms with Crippen LogP contribution in [0.5, 0.6) is 0 Å². The number of carbonyl (C=O) groups is 1. The van der Waals surface area contributed by atoms with Crippen LogP contribution in [0.3, 0.4) is 0 Å². The van der Waals surface area contributed by atoms with Gasteiger partial charge in [-0.1, -0.05) is 29.8 Å². The predicted molar refractivity (Wildman–Crippen MR) is 116 cm³/mol. The van der Waals surface area contributed by atoms with E-state index in [1.807, 2.05) is 30.9 Å². The lowest BCUT2D eigenvalue weighted by atomic mass is 9.81. The van der Waals surface area contributed by atoms with Gasteiger partial charge < -0.3 is 15.5 Å². The van der Waals surface area contributed by atoms with Crippen LogP contribution in [0.1, 0.15) is 44.4 Å². The van der Waals surface area contributed by atoms with Gasteiger partial charge in [0.25, 0.3) is 0 Å². The van der Waals surface area contributed by atoms with Crippen molar-refractivity contribution < 1.29 is 4.79 Å². The van der Waals surface area contributed by atoms with E-state index in [4.69, 9.17) is 11.6 Å². The number of anilines is 2. The van der Waals surface area contributed by atoms with E-state index in [2.05, 4.69) is 55.7 Å². The highest BCUT2D eigenvalue weighted by Gasteiger charge is 2.45. The van der Waals surface area contributed by atoms with Crippen molar-refractivity contribution in [1.29, 1.82) is 0 Å². The smallest absolute Gasteiger partial charge is 0.237 e. The van der Waals surface area contributed by atoms with Crippen molar-refractivity contribution in [1.82, 2.24) is 5.32 Å². The van der Waals surface area contributed by atoms with Gasteiger partial charge in [0, 0.05) is 29.8 Å². The highest BCUT2D eigenvalue weighted by atomic mass is 35.5. The maximum atomic E-state index is 13.0. The zero-order chi connectivity index (χ0) is 20.3. The minimum atomic E-state index is -0.489. The number of hydrogen-bond donors (Lipinski definition) is 2. The maximum Gasteiger partial charge on any atom is 0.237 e. The van der Waals surface area contributed by atoms with Gasteiger partial charge in [-0.15, -0.1) is 0 Å². The van der Waals surface area contributed by atoms with Crippen LogP contribution in [0.2, 0.25) is 5.02 Å². The number of benzene rings is 2. The Balaban J connectivity index is 1.74. The van der Waals surface area contributed by atoms with Crippen LogP contribution in [0.15, 0.2) is 36.4 Å². The minimum absolute atomic E-state index is 0.123. The molecule has 0 saturated carbocycles. The van der Waals surface area contributed by atoms with Crippen LogP contribution >= 0.6 is 11.6 Å². The average molecular weight is 398 g/mol. The SMILES string of the molecule is Cc1c(Cl)cccc1C1(Nc2ccc3c(c2)N(C(C)C)C(=O)C3(C)C)CNC1. The number of hydrogen-bond acceptors (Lipinski definition) is 3. The van der Waals surface area contributed by atoms with Crippen molar-refractivity contribution >= 4 is 28.9 Å². The summed E-state index contributed by atoms with van der Waals surface area (Å²) in [6.07, 6.45) is 0. The number of fused-ring (bicyclic) bond motifs is 1. The summed E-state index contributed by atoms with van der Waals surface area (Å²) < 4.78 is 0. The molecule has 1 saturated heterocycles. The lowest BCUT2D eigenvalue weighted by molar-refractivity contribution is -0.122. The zero-order valence-corrected chi connectivity index (χ0v) is 17.9. The fourth-order valence-corrected chi connectivity index (χ4v) is 4.67. The molecule has 2 aromatic carbocycles. The largest absolute Gasteiger partial charge is 0.373 e. The number of carbonyl (C=O) groups excluding carboxylic acids is 1. The van der Waals surface area contributed by atoms with Gasteiger partial charge in [0.05, 0.1) is 16.6 Å². The Kier molecular flexibility index (Phi) is 4.48. The lowest BCUT2D eigenvalue weighted by Gasteiger charge is -2.45. The van der Waals surface area contributed by atoms with E-state index < -0.39 is 5.41 Å². The summed E-state index contributed by atoms with van der Waals surface area (Å²) in [5, 5.41) is 7.94. The monoisotopic (exact) mass is 397 g/mol. The summed E-state index contributed by atoms with van der Waals surface area (Å²) in [5.74, 6) is 0.167. The quantitative estimate of drug-likeness (QED) is 0.792. The Morgan fingerprint density at radius 1 is 1.14 bits per heavy atom. The number of rotatable bonds is 4. The van der Waals surface area contributed by atoms with E-state index >= 15 is 0 Å². The van der Waals surface area contributed by atoms with Gasteiger partial charge in [0.2, 0.25) is 5.91 Å². The first-order chi connectivity index (χ1) is 13.2. The summed E-state index contributed by atoms with van der Waals surface area (Å²) in [6.45, 7) is 11.9. The fraction of sp³-hybridized carbons (Fsp3) is 0.435. The second-order valence-electron chi connectivity index (χ2n) is 8.85. The molecule has 28 heavy (non-hydrogen) atoms. The summed E-state index contributed by atoms with van der Waals surface area (Å²) >= 11 is 6.39. The van der Waals surface area contributed by atoms with Crippen LogP contribution in [0.4, 0.5) is 11.4 Å². The molecular weight excluding hydrogens is 370 g/mol. The molecule has 2 aliphatic heterocycles. The van der Waals surface area contributed by atoms with E-state index in [1.165, 1.54) is 5.56 Å². The third-order valence-corrected chi connectivity index (χ3v) is 6.63. The van der Waals surface area contributed by atoms with E-state index in [0.29, 0.717) is 0 Å². The first kappa shape index (κ1) is 19.3. The Labute approximate surface area is 172 Å². The van der Waals surface area contributed by atoms with Gasteiger partial charge >= 0.3 is 0 Å². The topological polar surface area (TPSA) is 44.4 Å². The first-order valence-corrected chi connectivity index (χ1v) is 10.3. The normalized spacial score (nSPS) is 19.5. The molecule has 2 heterocycles. The molecule has 0 radical (unpaired) electrons. The molecule has 0 unspecified atom stereocenters. The first-order valence-electron chi connectivity index (χ1n) is 9.90.